The predicted octanol–water partition coefficient (Wildman–Crippen LogP) is 5.70. The Labute approximate surface area is 208 Å². The number of carbonyl (C=O) groups is 1. The number of imidazole rings is 1. The predicted molar refractivity (Wildman–Crippen MR) is 134 cm³/mol. The quantitative estimate of drug-likeness (QED) is 0.288. The summed E-state index contributed by atoms with van der Waals surface area (Å²) in [5.74, 6) is 0. The van der Waals surface area contributed by atoms with Crippen molar-refractivity contribution >= 4 is 17.4 Å². The fourth-order valence-corrected chi connectivity index (χ4v) is 3.89. The normalized spacial score (nSPS) is 11.4. The van der Waals surface area contributed by atoms with E-state index in [4.69, 9.17) is 0 Å². The maximum Gasteiger partial charge on any atom is 0.416 e. The van der Waals surface area contributed by atoms with Gasteiger partial charge in [0.2, 0.25) is 5.56 Å². The topological polar surface area (TPSA) is 91.3 Å². The SMILES string of the molecule is O=C(NCc1ccc(-c2cnc3cc(-c4ccc(=O)[nH]c4)ccn23)cc1)Nc1cccc(C(F)(F)F)c1. The molecule has 0 fully saturated rings. The lowest BCUT2D eigenvalue weighted by atomic mass is 10.1. The lowest BCUT2D eigenvalue weighted by molar-refractivity contribution is -0.137. The number of pyridine rings is 2. The zero-order chi connectivity index (χ0) is 26.0. The van der Waals surface area contributed by atoms with Crippen molar-refractivity contribution < 1.29 is 18.0 Å². The molecule has 5 rings (SSSR count). The van der Waals surface area contributed by atoms with Crippen molar-refractivity contribution in [2.24, 2.45) is 0 Å². The van der Waals surface area contributed by atoms with Gasteiger partial charge in [-0.2, -0.15) is 13.2 Å². The first kappa shape index (κ1) is 23.9. The number of benzene rings is 2. The van der Waals surface area contributed by atoms with E-state index in [1.54, 1.807) is 18.5 Å². The van der Waals surface area contributed by atoms with E-state index in [2.05, 4.69) is 20.6 Å². The highest BCUT2D eigenvalue weighted by Gasteiger charge is 2.30. The third-order valence-electron chi connectivity index (χ3n) is 5.78. The van der Waals surface area contributed by atoms with E-state index in [0.717, 1.165) is 45.7 Å². The molecule has 0 aliphatic rings. The van der Waals surface area contributed by atoms with Gasteiger partial charge < -0.3 is 15.6 Å². The number of anilines is 1. The van der Waals surface area contributed by atoms with E-state index >= 15 is 0 Å². The number of hydrogen-bond acceptors (Lipinski definition) is 3. The number of nitrogens with one attached hydrogen (secondary N) is 3. The van der Waals surface area contributed by atoms with Crippen molar-refractivity contribution in [1.29, 1.82) is 0 Å². The van der Waals surface area contributed by atoms with Crippen LogP contribution >= 0.6 is 0 Å². The molecule has 3 heterocycles. The van der Waals surface area contributed by atoms with Gasteiger partial charge in [-0.25, -0.2) is 9.78 Å². The maximum atomic E-state index is 12.9. The number of amides is 2. The second-order valence-electron chi connectivity index (χ2n) is 8.31. The first-order chi connectivity index (χ1) is 17.8. The molecule has 10 heteroatoms. The minimum absolute atomic E-state index is 0.0546. The number of aromatic amines is 1. The van der Waals surface area contributed by atoms with Crippen LogP contribution in [0.4, 0.5) is 23.7 Å². The van der Waals surface area contributed by atoms with Crippen LogP contribution in [0, 0.1) is 0 Å². The van der Waals surface area contributed by atoms with Crippen LogP contribution in [0.2, 0.25) is 0 Å². The van der Waals surface area contributed by atoms with E-state index in [1.165, 1.54) is 18.2 Å². The highest BCUT2D eigenvalue weighted by Crippen LogP contribution is 2.30. The smallest absolute Gasteiger partial charge is 0.334 e. The van der Waals surface area contributed by atoms with Crippen molar-refractivity contribution in [1.82, 2.24) is 19.7 Å². The number of alkyl halides is 3. The van der Waals surface area contributed by atoms with Crippen LogP contribution in [0.5, 0.6) is 0 Å². The third kappa shape index (κ3) is 5.37. The molecular weight excluding hydrogens is 483 g/mol. The van der Waals surface area contributed by atoms with E-state index < -0.39 is 17.8 Å². The number of H-pyrrole nitrogens is 1. The van der Waals surface area contributed by atoms with Gasteiger partial charge in [-0.15, -0.1) is 0 Å². The summed E-state index contributed by atoms with van der Waals surface area (Å²) >= 11 is 0. The molecule has 2 amide bonds. The largest absolute Gasteiger partial charge is 0.416 e. The lowest BCUT2D eigenvalue weighted by Gasteiger charge is -2.11. The van der Waals surface area contributed by atoms with Crippen LogP contribution in [0.15, 0.2) is 96.2 Å². The van der Waals surface area contributed by atoms with Crippen molar-refractivity contribution in [2.45, 2.75) is 12.7 Å². The standard InChI is InChI=1S/C27H20F3N5O2/c28-27(29,30)21-2-1-3-22(13-21)34-26(37)33-14-17-4-6-18(7-5-17)23-16-31-24-12-19(10-11-35(23)24)20-8-9-25(36)32-15-20/h1-13,15-16H,14H2,(H,32,36)(H2,33,34,37). The monoisotopic (exact) mass is 503 g/mol. The van der Waals surface area contributed by atoms with E-state index in [-0.39, 0.29) is 17.8 Å². The van der Waals surface area contributed by atoms with Gasteiger partial charge >= 0.3 is 12.2 Å². The van der Waals surface area contributed by atoms with Crippen LogP contribution in [0.25, 0.3) is 28.0 Å². The molecule has 186 valence electrons. The van der Waals surface area contributed by atoms with Crippen LogP contribution in [-0.2, 0) is 12.7 Å². The Morgan fingerprint density at radius 3 is 2.46 bits per heavy atom. The Morgan fingerprint density at radius 1 is 0.946 bits per heavy atom. The Hall–Kier alpha value is -4.86. The average Bonchev–Trinajstić information content (AvgIpc) is 3.31. The summed E-state index contributed by atoms with van der Waals surface area (Å²) in [6, 6.07) is 18.5. The van der Waals surface area contributed by atoms with Gasteiger partial charge in [0.1, 0.15) is 5.65 Å². The molecule has 0 saturated heterocycles. The molecule has 0 spiro atoms. The molecule has 37 heavy (non-hydrogen) atoms. The molecule has 0 unspecified atom stereocenters. The number of urea groups is 1. The summed E-state index contributed by atoms with van der Waals surface area (Å²) in [5.41, 5.74) is 4.22. The molecule has 0 bridgehead atoms. The molecular formula is C27H20F3N5O2. The number of carbonyl (C=O) groups excluding carboxylic acids is 1. The van der Waals surface area contributed by atoms with Crippen molar-refractivity contribution in [2.75, 3.05) is 5.32 Å². The Bertz CT molecular complexity index is 1620. The number of halogens is 3. The van der Waals surface area contributed by atoms with Crippen LogP contribution in [0.3, 0.4) is 0 Å². The Kier molecular flexibility index (Phi) is 6.22. The number of nitrogens with zero attached hydrogens (tertiary/aromatic N) is 2. The highest BCUT2D eigenvalue weighted by molar-refractivity contribution is 5.89. The summed E-state index contributed by atoms with van der Waals surface area (Å²) in [6.07, 6.45) is 0.848. The zero-order valence-electron chi connectivity index (χ0n) is 19.2. The van der Waals surface area contributed by atoms with Gasteiger partial charge in [0.05, 0.1) is 17.5 Å². The van der Waals surface area contributed by atoms with Gasteiger partial charge in [0.15, 0.2) is 0 Å². The number of rotatable bonds is 5. The number of aromatic nitrogens is 3. The summed E-state index contributed by atoms with van der Waals surface area (Å²) in [6.45, 7) is 0.195. The Balaban J connectivity index is 1.24. The third-order valence-corrected chi connectivity index (χ3v) is 5.78. The van der Waals surface area contributed by atoms with Gasteiger partial charge in [-0.05, 0) is 53.1 Å². The van der Waals surface area contributed by atoms with Crippen LogP contribution in [0.1, 0.15) is 11.1 Å². The van der Waals surface area contributed by atoms with E-state index in [0.29, 0.717) is 0 Å². The minimum Gasteiger partial charge on any atom is -0.334 e. The molecule has 0 aliphatic heterocycles. The fourth-order valence-electron chi connectivity index (χ4n) is 3.89. The molecule has 3 N–H and O–H groups in total. The second-order valence-corrected chi connectivity index (χ2v) is 8.31. The van der Waals surface area contributed by atoms with Crippen molar-refractivity contribution in [3.63, 3.8) is 0 Å². The van der Waals surface area contributed by atoms with Crippen molar-refractivity contribution in [3.05, 3.63) is 113 Å². The Morgan fingerprint density at radius 2 is 1.73 bits per heavy atom. The van der Waals surface area contributed by atoms with Gasteiger partial charge in [-0.3, -0.25) is 9.20 Å². The average molecular weight is 503 g/mol. The minimum atomic E-state index is -4.48. The van der Waals surface area contributed by atoms with Gasteiger partial charge in [0.25, 0.3) is 0 Å². The number of fused-ring (bicyclic) bond motifs is 1. The molecule has 0 atom stereocenters. The molecule has 0 radical (unpaired) electrons. The van der Waals surface area contributed by atoms with E-state index in [9.17, 15) is 22.8 Å². The fraction of sp³-hybridized carbons (Fsp3) is 0.0741. The summed E-state index contributed by atoms with van der Waals surface area (Å²) < 4.78 is 40.5. The number of hydrogen-bond donors (Lipinski definition) is 3. The van der Waals surface area contributed by atoms with E-state index in [1.807, 2.05) is 47.0 Å². The molecule has 0 aliphatic carbocycles. The van der Waals surface area contributed by atoms with Crippen molar-refractivity contribution in [3.8, 4) is 22.4 Å². The molecule has 3 aromatic heterocycles. The lowest BCUT2D eigenvalue weighted by Crippen LogP contribution is -2.28. The first-order valence-corrected chi connectivity index (χ1v) is 11.2. The summed E-state index contributed by atoms with van der Waals surface area (Å²) in [5, 5.41) is 5.06. The van der Waals surface area contributed by atoms with Gasteiger partial charge in [0, 0.05) is 36.3 Å². The van der Waals surface area contributed by atoms with Crippen LogP contribution < -0.4 is 16.2 Å². The molecule has 5 aromatic rings. The summed E-state index contributed by atoms with van der Waals surface area (Å²) in [7, 11) is 0. The molecule has 0 saturated carbocycles. The van der Waals surface area contributed by atoms with Crippen LogP contribution in [-0.4, -0.2) is 20.4 Å². The summed E-state index contributed by atoms with van der Waals surface area (Å²) in [4.78, 5) is 30.6. The highest BCUT2D eigenvalue weighted by atomic mass is 19.4. The van der Waals surface area contributed by atoms with Gasteiger partial charge in [-0.1, -0.05) is 30.3 Å². The zero-order valence-corrected chi connectivity index (χ0v) is 19.2. The first-order valence-electron chi connectivity index (χ1n) is 11.2. The second kappa shape index (κ2) is 9.65. The maximum absolute atomic E-state index is 12.9. The molecule has 7 nitrogen and oxygen atoms in total. The molecule has 2 aromatic carbocycles.